The molecule has 3 rings (SSSR count). The first-order valence-electron chi connectivity index (χ1n) is 7.46. The van der Waals surface area contributed by atoms with Crippen LogP contribution in [-0.4, -0.2) is 34.7 Å². The number of likely N-dealkylation sites (N-methyl/N-ethyl adjacent to an activating group) is 1. The van der Waals surface area contributed by atoms with Gasteiger partial charge < -0.3 is 10.2 Å². The first kappa shape index (κ1) is 15.2. The van der Waals surface area contributed by atoms with E-state index in [0.29, 0.717) is 12.1 Å². The Bertz CT molecular complexity index is 644. The van der Waals surface area contributed by atoms with E-state index in [-0.39, 0.29) is 11.9 Å². The van der Waals surface area contributed by atoms with E-state index in [9.17, 15) is 14.6 Å². The number of halogens is 1. The van der Waals surface area contributed by atoms with E-state index in [1.54, 1.807) is 12.1 Å². The van der Waals surface area contributed by atoms with Gasteiger partial charge in [-0.1, -0.05) is 36.4 Å². The van der Waals surface area contributed by atoms with Crippen molar-refractivity contribution in [2.24, 2.45) is 0 Å². The Balaban J connectivity index is 1.68. The zero-order chi connectivity index (χ0) is 15.7. The van der Waals surface area contributed by atoms with Crippen LogP contribution in [0.2, 0.25) is 0 Å². The summed E-state index contributed by atoms with van der Waals surface area (Å²) in [4.78, 5) is 1.97. The standard InChI is InChI=1S/C18H20FNO2/c1-20(11-17(21)12-6-8-14(19)9-7-12)16-10-13-4-2-3-5-15(13)18(16)22/h2-9,16-18,21-22H,10-11H2,1H3/t16-,17-,18+/m0/s1. The Kier molecular flexibility index (Phi) is 4.25. The fourth-order valence-electron chi connectivity index (χ4n) is 3.15. The summed E-state index contributed by atoms with van der Waals surface area (Å²) in [6, 6.07) is 13.7. The molecule has 0 aromatic heterocycles. The molecule has 3 nitrogen and oxygen atoms in total. The first-order valence-corrected chi connectivity index (χ1v) is 7.46. The smallest absolute Gasteiger partial charge is 0.123 e. The average molecular weight is 301 g/mol. The molecule has 0 radical (unpaired) electrons. The van der Waals surface area contributed by atoms with E-state index in [2.05, 4.69) is 0 Å². The van der Waals surface area contributed by atoms with Crippen LogP contribution < -0.4 is 0 Å². The maximum atomic E-state index is 12.9. The number of nitrogens with zero attached hydrogens (tertiary/aromatic N) is 1. The van der Waals surface area contributed by atoms with Gasteiger partial charge in [-0.05, 0) is 42.3 Å². The third kappa shape index (κ3) is 2.90. The molecule has 116 valence electrons. The van der Waals surface area contributed by atoms with Crippen LogP contribution in [0.3, 0.4) is 0 Å². The minimum absolute atomic E-state index is 0.0486. The number of hydrogen-bond donors (Lipinski definition) is 2. The zero-order valence-corrected chi connectivity index (χ0v) is 12.5. The van der Waals surface area contributed by atoms with Crippen LogP contribution in [0.25, 0.3) is 0 Å². The largest absolute Gasteiger partial charge is 0.387 e. The molecular formula is C18H20FNO2. The van der Waals surface area contributed by atoms with Gasteiger partial charge in [0.05, 0.1) is 12.2 Å². The fraction of sp³-hybridized carbons (Fsp3) is 0.333. The van der Waals surface area contributed by atoms with Crippen LogP contribution in [0.4, 0.5) is 4.39 Å². The second-order valence-corrected chi connectivity index (χ2v) is 5.92. The van der Waals surface area contributed by atoms with Crippen molar-refractivity contribution in [3.63, 3.8) is 0 Å². The molecule has 2 aromatic rings. The van der Waals surface area contributed by atoms with Crippen molar-refractivity contribution in [1.82, 2.24) is 4.90 Å². The summed E-state index contributed by atoms with van der Waals surface area (Å²) in [7, 11) is 1.90. The molecule has 0 fully saturated rings. The van der Waals surface area contributed by atoms with Gasteiger partial charge in [-0.2, -0.15) is 0 Å². The molecule has 2 aromatic carbocycles. The first-order chi connectivity index (χ1) is 10.6. The third-order valence-electron chi connectivity index (χ3n) is 4.45. The number of hydrogen-bond acceptors (Lipinski definition) is 3. The molecule has 3 atom stereocenters. The Morgan fingerprint density at radius 1 is 1.18 bits per heavy atom. The number of fused-ring (bicyclic) bond motifs is 1. The Hall–Kier alpha value is -1.75. The second-order valence-electron chi connectivity index (χ2n) is 5.92. The van der Waals surface area contributed by atoms with Crippen LogP contribution in [0, 0.1) is 5.82 Å². The Labute approximate surface area is 129 Å². The molecule has 0 heterocycles. The second kappa shape index (κ2) is 6.16. The van der Waals surface area contributed by atoms with Gasteiger partial charge in [-0.15, -0.1) is 0 Å². The molecule has 0 aliphatic heterocycles. The van der Waals surface area contributed by atoms with E-state index in [1.807, 2.05) is 36.2 Å². The zero-order valence-electron chi connectivity index (χ0n) is 12.5. The van der Waals surface area contributed by atoms with Crippen molar-refractivity contribution in [2.45, 2.75) is 24.7 Å². The lowest BCUT2D eigenvalue weighted by Crippen LogP contribution is -2.37. The van der Waals surface area contributed by atoms with E-state index in [4.69, 9.17) is 0 Å². The highest BCUT2D eigenvalue weighted by Gasteiger charge is 2.33. The van der Waals surface area contributed by atoms with Crippen molar-refractivity contribution in [3.8, 4) is 0 Å². The van der Waals surface area contributed by atoms with E-state index in [0.717, 1.165) is 17.5 Å². The molecule has 1 aliphatic carbocycles. The Morgan fingerprint density at radius 3 is 2.55 bits per heavy atom. The van der Waals surface area contributed by atoms with Gasteiger partial charge in [-0.25, -0.2) is 4.39 Å². The van der Waals surface area contributed by atoms with Gasteiger partial charge in [0.1, 0.15) is 5.82 Å². The van der Waals surface area contributed by atoms with Gasteiger partial charge in [0.2, 0.25) is 0 Å². The maximum absolute atomic E-state index is 12.9. The number of benzene rings is 2. The highest BCUT2D eigenvalue weighted by atomic mass is 19.1. The van der Waals surface area contributed by atoms with Gasteiger partial charge >= 0.3 is 0 Å². The molecule has 0 saturated heterocycles. The summed E-state index contributed by atoms with van der Waals surface area (Å²) in [5.41, 5.74) is 2.80. The summed E-state index contributed by atoms with van der Waals surface area (Å²) < 4.78 is 12.9. The normalized spacial score (nSPS) is 21.9. The van der Waals surface area contributed by atoms with Crippen LogP contribution in [0.5, 0.6) is 0 Å². The van der Waals surface area contributed by atoms with E-state index < -0.39 is 12.2 Å². The summed E-state index contributed by atoms with van der Waals surface area (Å²) in [6.07, 6.45) is -0.479. The summed E-state index contributed by atoms with van der Waals surface area (Å²) in [6.45, 7) is 0.390. The lowest BCUT2D eigenvalue weighted by atomic mass is 10.1. The quantitative estimate of drug-likeness (QED) is 0.911. The topological polar surface area (TPSA) is 43.7 Å². The molecule has 2 N–H and O–H groups in total. The average Bonchev–Trinajstić information content (AvgIpc) is 2.85. The molecule has 1 aliphatic rings. The predicted octanol–water partition coefficient (Wildman–Crippen LogP) is 2.45. The monoisotopic (exact) mass is 301 g/mol. The lowest BCUT2D eigenvalue weighted by Gasteiger charge is -2.29. The summed E-state index contributed by atoms with van der Waals surface area (Å²) >= 11 is 0. The van der Waals surface area contributed by atoms with Crippen molar-refractivity contribution in [1.29, 1.82) is 0 Å². The minimum Gasteiger partial charge on any atom is -0.387 e. The predicted molar refractivity (Wildman–Crippen MR) is 82.9 cm³/mol. The molecule has 22 heavy (non-hydrogen) atoms. The molecule has 0 spiro atoms. The van der Waals surface area contributed by atoms with Gasteiger partial charge in [0, 0.05) is 12.6 Å². The number of aliphatic hydroxyl groups excluding tert-OH is 2. The van der Waals surface area contributed by atoms with Crippen molar-refractivity contribution in [2.75, 3.05) is 13.6 Å². The van der Waals surface area contributed by atoms with E-state index in [1.165, 1.54) is 12.1 Å². The molecule has 0 amide bonds. The van der Waals surface area contributed by atoms with Gasteiger partial charge in [-0.3, -0.25) is 4.90 Å². The SMILES string of the molecule is CN(C[C@H](O)c1ccc(F)cc1)[C@H]1Cc2ccccc2[C@H]1O. The summed E-state index contributed by atoms with van der Waals surface area (Å²) in [5.74, 6) is -0.314. The molecule has 0 saturated carbocycles. The minimum atomic E-state index is -0.707. The van der Waals surface area contributed by atoms with Crippen LogP contribution >= 0.6 is 0 Å². The highest BCUT2D eigenvalue weighted by molar-refractivity contribution is 5.36. The lowest BCUT2D eigenvalue weighted by molar-refractivity contribution is 0.0431. The highest BCUT2D eigenvalue weighted by Crippen LogP contribution is 2.34. The third-order valence-corrected chi connectivity index (χ3v) is 4.45. The van der Waals surface area contributed by atoms with Crippen molar-refractivity contribution in [3.05, 3.63) is 71.0 Å². The summed E-state index contributed by atoms with van der Waals surface area (Å²) in [5, 5.41) is 20.8. The van der Waals surface area contributed by atoms with E-state index >= 15 is 0 Å². The molecule has 4 heteroatoms. The van der Waals surface area contributed by atoms with Crippen LogP contribution in [0.15, 0.2) is 48.5 Å². The number of rotatable bonds is 4. The maximum Gasteiger partial charge on any atom is 0.123 e. The number of aliphatic hydroxyl groups is 2. The van der Waals surface area contributed by atoms with Crippen LogP contribution in [0.1, 0.15) is 28.9 Å². The Morgan fingerprint density at radius 2 is 1.86 bits per heavy atom. The van der Waals surface area contributed by atoms with Crippen molar-refractivity contribution < 1.29 is 14.6 Å². The van der Waals surface area contributed by atoms with Gasteiger partial charge in [0.25, 0.3) is 0 Å². The van der Waals surface area contributed by atoms with Crippen molar-refractivity contribution >= 4 is 0 Å². The fourth-order valence-corrected chi connectivity index (χ4v) is 3.15. The molecular weight excluding hydrogens is 281 g/mol. The molecule has 0 unspecified atom stereocenters. The van der Waals surface area contributed by atoms with Gasteiger partial charge in [0.15, 0.2) is 0 Å². The van der Waals surface area contributed by atoms with Crippen LogP contribution in [-0.2, 0) is 6.42 Å². The molecule has 0 bridgehead atoms.